The van der Waals surface area contributed by atoms with E-state index < -0.39 is 5.97 Å². The largest absolute Gasteiger partial charge is 0.466 e. The van der Waals surface area contributed by atoms with E-state index in [0.717, 1.165) is 0 Å². The molecule has 17 heavy (non-hydrogen) atoms. The van der Waals surface area contributed by atoms with Gasteiger partial charge in [-0.1, -0.05) is 19.9 Å². The molecule has 5 heteroatoms. The van der Waals surface area contributed by atoms with Crippen molar-refractivity contribution in [1.82, 2.24) is 5.32 Å². The van der Waals surface area contributed by atoms with Gasteiger partial charge in [-0.05, 0) is 12.8 Å². The van der Waals surface area contributed by atoms with Gasteiger partial charge in [0, 0.05) is 12.6 Å². The van der Waals surface area contributed by atoms with Gasteiger partial charge in [0.05, 0.1) is 13.7 Å². The predicted molar refractivity (Wildman–Crippen MR) is 64.4 cm³/mol. The first-order valence-corrected chi connectivity index (χ1v) is 5.67. The minimum Gasteiger partial charge on any atom is -0.466 e. The number of esters is 2. The molecule has 5 nitrogen and oxygen atoms in total. The zero-order valence-corrected chi connectivity index (χ0v) is 10.9. The Morgan fingerprint density at radius 1 is 1.35 bits per heavy atom. The molecule has 1 N–H and O–H groups in total. The predicted octanol–water partition coefficient (Wildman–Crippen LogP) is 0.893. The number of ether oxygens (including phenoxy) is 2. The fraction of sp³-hybridized carbons (Fsp3) is 0.667. The number of nitrogens with one attached hydrogen (secondary N) is 1. The van der Waals surface area contributed by atoms with Crippen molar-refractivity contribution >= 4 is 11.9 Å². The monoisotopic (exact) mass is 243 g/mol. The van der Waals surface area contributed by atoms with E-state index in [1.807, 2.05) is 13.8 Å². The normalized spacial score (nSPS) is 12.8. The van der Waals surface area contributed by atoms with Crippen LogP contribution in [0.25, 0.3) is 0 Å². The van der Waals surface area contributed by atoms with E-state index in [9.17, 15) is 9.59 Å². The lowest BCUT2D eigenvalue weighted by Gasteiger charge is -2.19. The number of carbonyl (C=O) groups is 2. The first-order chi connectivity index (χ1) is 8.02. The molecule has 0 fully saturated rings. The summed E-state index contributed by atoms with van der Waals surface area (Å²) in [6, 6.07) is -0.364. The van der Waals surface area contributed by atoms with Crippen LogP contribution in [-0.2, 0) is 19.1 Å². The van der Waals surface area contributed by atoms with E-state index in [1.54, 1.807) is 13.0 Å². The Morgan fingerprint density at radius 3 is 2.47 bits per heavy atom. The summed E-state index contributed by atoms with van der Waals surface area (Å²) in [4.78, 5) is 22.4. The van der Waals surface area contributed by atoms with Gasteiger partial charge >= 0.3 is 11.9 Å². The molecule has 0 heterocycles. The molecule has 0 saturated carbocycles. The second-order valence-electron chi connectivity index (χ2n) is 3.81. The number of hydrogen-bond acceptors (Lipinski definition) is 5. The SMILES string of the molecule is CCOC(=O)[C@H](NCC=CC(=O)OC)C(C)C. The maximum Gasteiger partial charge on any atom is 0.330 e. The van der Waals surface area contributed by atoms with Crippen molar-refractivity contribution in [1.29, 1.82) is 0 Å². The van der Waals surface area contributed by atoms with Gasteiger partial charge < -0.3 is 14.8 Å². The van der Waals surface area contributed by atoms with E-state index in [1.165, 1.54) is 13.2 Å². The second kappa shape index (κ2) is 8.75. The maximum absolute atomic E-state index is 11.6. The van der Waals surface area contributed by atoms with E-state index in [-0.39, 0.29) is 17.9 Å². The fourth-order valence-corrected chi connectivity index (χ4v) is 1.24. The average molecular weight is 243 g/mol. The molecule has 0 bridgehead atoms. The van der Waals surface area contributed by atoms with Crippen molar-refractivity contribution in [2.45, 2.75) is 26.8 Å². The lowest BCUT2D eigenvalue weighted by atomic mass is 10.0. The Hall–Kier alpha value is -1.36. The van der Waals surface area contributed by atoms with Crippen molar-refractivity contribution in [2.24, 2.45) is 5.92 Å². The standard InChI is InChI=1S/C12H21NO4/c1-5-17-12(15)11(9(2)3)13-8-6-7-10(14)16-4/h6-7,9,11,13H,5,8H2,1-4H3/t11-/m1/s1. The number of carbonyl (C=O) groups excluding carboxylic acids is 2. The van der Waals surface area contributed by atoms with Crippen molar-refractivity contribution in [2.75, 3.05) is 20.3 Å². The van der Waals surface area contributed by atoms with Gasteiger partial charge in [0.25, 0.3) is 0 Å². The molecule has 0 aromatic rings. The van der Waals surface area contributed by atoms with Gasteiger partial charge in [0.2, 0.25) is 0 Å². The molecule has 1 atom stereocenters. The Kier molecular flexibility index (Phi) is 8.05. The first-order valence-electron chi connectivity index (χ1n) is 5.67. The van der Waals surface area contributed by atoms with Crippen molar-refractivity contribution < 1.29 is 19.1 Å². The second-order valence-corrected chi connectivity index (χ2v) is 3.81. The summed E-state index contributed by atoms with van der Waals surface area (Å²) in [7, 11) is 1.32. The van der Waals surface area contributed by atoms with Gasteiger partial charge in [-0.25, -0.2) is 4.79 Å². The summed E-state index contributed by atoms with van der Waals surface area (Å²) < 4.78 is 9.39. The lowest BCUT2D eigenvalue weighted by Crippen LogP contribution is -2.42. The molecular weight excluding hydrogens is 222 g/mol. The molecule has 0 aromatic heterocycles. The summed E-state index contributed by atoms with van der Waals surface area (Å²) in [5.41, 5.74) is 0. The molecule has 0 spiro atoms. The molecule has 98 valence electrons. The zero-order chi connectivity index (χ0) is 13.3. The van der Waals surface area contributed by atoms with Crippen LogP contribution in [0.4, 0.5) is 0 Å². The third-order valence-corrected chi connectivity index (χ3v) is 2.12. The van der Waals surface area contributed by atoms with Crippen LogP contribution in [0.1, 0.15) is 20.8 Å². The van der Waals surface area contributed by atoms with E-state index in [0.29, 0.717) is 13.2 Å². The van der Waals surface area contributed by atoms with Gasteiger partial charge in [-0.15, -0.1) is 0 Å². The Balaban J connectivity index is 4.14. The average Bonchev–Trinajstić information content (AvgIpc) is 2.28. The quantitative estimate of drug-likeness (QED) is 0.531. The highest BCUT2D eigenvalue weighted by Gasteiger charge is 2.21. The topological polar surface area (TPSA) is 64.6 Å². The van der Waals surface area contributed by atoms with E-state index in [2.05, 4.69) is 10.1 Å². The summed E-state index contributed by atoms with van der Waals surface area (Å²) >= 11 is 0. The van der Waals surface area contributed by atoms with Gasteiger partial charge in [-0.3, -0.25) is 4.79 Å². The first kappa shape index (κ1) is 15.6. The molecule has 0 saturated heterocycles. The molecule has 0 aromatic carbocycles. The van der Waals surface area contributed by atoms with Crippen molar-refractivity contribution in [3.63, 3.8) is 0 Å². The highest BCUT2D eigenvalue weighted by atomic mass is 16.5. The highest BCUT2D eigenvalue weighted by molar-refractivity contribution is 5.81. The molecule has 0 amide bonds. The van der Waals surface area contributed by atoms with E-state index in [4.69, 9.17) is 4.74 Å². The molecule has 0 aliphatic heterocycles. The third-order valence-electron chi connectivity index (χ3n) is 2.12. The zero-order valence-electron chi connectivity index (χ0n) is 10.9. The van der Waals surface area contributed by atoms with Crippen LogP contribution in [0.5, 0.6) is 0 Å². The van der Waals surface area contributed by atoms with Crippen LogP contribution in [0.2, 0.25) is 0 Å². The maximum atomic E-state index is 11.6. The minimum atomic E-state index is -0.413. The number of hydrogen-bond donors (Lipinski definition) is 1. The Bertz CT molecular complexity index is 274. The third kappa shape index (κ3) is 6.73. The number of methoxy groups -OCH3 is 1. The Labute approximate surface area is 102 Å². The van der Waals surface area contributed by atoms with Crippen LogP contribution in [-0.4, -0.2) is 38.2 Å². The van der Waals surface area contributed by atoms with Crippen molar-refractivity contribution in [3.8, 4) is 0 Å². The smallest absolute Gasteiger partial charge is 0.330 e. The number of rotatable bonds is 7. The van der Waals surface area contributed by atoms with Gasteiger partial charge in [0.15, 0.2) is 0 Å². The molecule has 0 aliphatic carbocycles. The van der Waals surface area contributed by atoms with Crippen LogP contribution >= 0.6 is 0 Å². The lowest BCUT2D eigenvalue weighted by molar-refractivity contribution is -0.146. The molecule has 0 unspecified atom stereocenters. The Morgan fingerprint density at radius 2 is 2.00 bits per heavy atom. The summed E-state index contributed by atoms with van der Waals surface area (Å²) in [6.07, 6.45) is 2.93. The summed E-state index contributed by atoms with van der Waals surface area (Å²) in [5.74, 6) is -0.557. The van der Waals surface area contributed by atoms with Crippen LogP contribution in [0, 0.1) is 5.92 Å². The highest BCUT2D eigenvalue weighted by Crippen LogP contribution is 2.03. The molecular formula is C12H21NO4. The van der Waals surface area contributed by atoms with Gasteiger partial charge in [-0.2, -0.15) is 0 Å². The molecule has 0 rings (SSSR count). The fourth-order valence-electron chi connectivity index (χ4n) is 1.24. The van der Waals surface area contributed by atoms with Gasteiger partial charge in [0.1, 0.15) is 6.04 Å². The van der Waals surface area contributed by atoms with Crippen molar-refractivity contribution in [3.05, 3.63) is 12.2 Å². The van der Waals surface area contributed by atoms with Crippen LogP contribution < -0.4 is 5.32 Å². The molecule has 0 aliphatic rings. The van der Waals surface area contributed by atoms with E-state index >= 15 is 0 Å². The minimum absolute atomic E-state index is 0.126. The van der Waals surface area contributed by atoms with Crippen LogP contribution in [0.3, 0.4) is 0 Å². The molecule has 0 radical (unpaired) electrons. The summed E-state index contributed by atoms with van der Waals surface area (Å²) in [6.45, 7) is 6.40. The van der Waals surface area contributed by atoms with Crippen LogP contribution in [0.15, 0.2) is 12.2 Å². The summed E-state index contributed by atoms with van der Waals surface area (Å²) in [5, 5.41) is 3.01.